The molecule has 0 aromatic heterocycles. The van der Waals surface area contributed by atoms with Gasteiger partial charge in [0.15, 0.2) is 0 Å². The highest BCUT2D eigenvalue weighted by atomic mass is 16.3. The van der Waals surface area contributed by atoms with Gasteiger partial charge in [-0.3, -0.25) is 4.79 Å². The molecule has 1 aliphatic heterocycles. The Bertz CT molecular complexity index is 486. The number of benzene rings is 1. The van der Waals surface area contributed by atoms with Gasteiger partial charge in [-0.25, -0.2) is 0 Å². The number of likely N-dealkylation sites (tertiary alicyclic amines) is 1. The fourth-order valence-corrected chi connectivity index (χ4v) is 3.65. The molecule has 108 valence electrons. The van der Waals surface area contributed by atoms with E-state index in [-0.39, 0.29) is 24.3 Å². The van der Waals surface area contributed by atoms with Crippen molar-refractivity contribution in [2.45, 2.75) is 38.0 Å². The van der Waals surface area contributed by atoms with Gasteiger partial charge >= 0.3 is 0 Å². The molecule has 2 atom stereocenters. The smallest absolute Gasteiger partial charge is 0.230 e. The number of amides is 1. The molecule has 1 saturated heterocycles. The average molecular weight is 273 g/mol. The first kappa shape index (κ1) is 13.6. The van der Waals surface area contributed by atoms with Crippen molar-refractivity contribution in [2.24, 2.45) is 5.92 Å². The van der Waals surface area contributed by atoms with Crippen LogP contribution in [0.2, 0.25) is 0 Å². The zero-order valence-corrected chi connectivity index (χ0v) is 11.9. The number of carbonyl (C=O) groups is 1. The van der Waals surface area contributed by atoms with Crippen molar-refractivity contribution in [3.05, 3.63) is 35.4 Å². The highest BCUT2D eigenvalue weighted by Gasteiger charge is 2.32. The van der Waals surface area contributed by atoms with Gasteiger partial charge in [-0.05, 0) is 49.1 Å². The van der Waals surface area contributed by atoms with E-state index in [1.54, 1.807) is 0 Å². The lowest BCUT2D eigenvalue weighted by Gasteiger charge is -2.36. The lowest BCUT2D eigenvalue weighted by Crippen LogP contribution is -2.43. The van der Waals surface area contributed by atoms with E-state index < -0.39 is 0 Å². The lowest BCUT2D eigenvalue weighted by atomic mass is 9.81. The Morgan fingerprint density at radius 1 is 1.25 bits per heavy atom. The largest absolute Gasteiger partial charge is 0.396 e. The van der Waals surface area contributed by atoms with E-state index in [0.717, 1.165) is 45.2 Å². The third-order valence-electron chi connectivity index (χ3n) is 4.76. The minimum absolute atomic E-state index is 0.0393. The quantitative estimate of drug-likeness (QED) is 0.898. The van der Waals surface area contributed by atoms with Gasteiger partial charge in [0.05, 0.1) is 5.92 Å². The molecule has 1 amide bonds. The van der Waals surface area contributed by atoms with Crippen molar-refractivity contribution >= 4 is 5.91 Å². The summed E-state index contributed by atoms with van der Waals surface area (Å²) in [5, 5.41) is 9.32. The van der Waals surface area contributed by atoms with E-state index in [1.807, 2.05) is 11.0 Å². The number of fused-ring (bicyclic) bond motifs is 1. The Morgan fingerprint density at radius 2 is 2.10 bits per heavy atom. The summed E-state index contributed by atoms with van der Waals surface area (Å²) in [5.41, 5.74) is 2.57. The van der Waals surface area contributed by atoms with Crippen LogP contribution < -0.4 is 0 Å². The Hall–Kier alpha value is -1.35. The number of piperidine rings is 1. The maximum atomic E-state index is 12.8. The maximum absolute atomic E-state index is 12.8. The van der Waals surface area contributed by atoms with Crippen LogP contribution in [0.25, 0.3) is 0 Å². The highest BCUT2D eigenvalue weighted by Crippen LogP contribution is 2.33. The number of rotatable bonds is 2. The third kappa shape index (κ3) is 2.59. The number of aryl methyl sites for hydroxylation is 1. The van der Waals surface area contributed by atoms with Gasteiger partial charge < -0.3 is 10.0 Å². The number of nitrogens with zero attached hydrogens (tertiary/aromatic N) is 1. The molecule has 0 spiro atoms. The van der Waals surface area contributed by atoms with E-state index in [9.17, 15) is 9.90 Å². The van der Waals surface area contributed by atoms with Crippen LogP contribution in [-0.4, -0.2) is 35.6 Å². The van der Waals surface area contributed by atoms with Gasteiger partial charge in [0, 0.05) is 19.7 Å². The summed E-state index contributed by atoms with van der Waals surface area (Å²) >= 11 is 0. The molecule has 20 heavy (non-hydrogen) atoms. The molecule has 1 aliphatic carbocycles. The fourth-order valence-electron chi connectivity index (χ4n) is 3.65. The summed E-state index contributed by atoms with van der Waals surface area (Å²) in [5.74, 6) is 0.583. The minimum atomic E-state index is 0.0393. The standard InChI is InChI=1S/C17H23NO2/c19-12-13-5-4-10-18(11-13)17(20)16-9-3-7-14-6-1-2-8-15(14)16/h1-2,6,8,13,16,19H,3-5,7,9-12H2. The predicted molar refractivity (Wildman–Crippen MR) is 78.5 cm³/mol. The van der Waals surface area contributed by atoms with Gasteiger partial charge in [-0.15, -0.1) is 0 Å². The molecule has 1 heterocycles. The average Bonchev–Trinajstić information content (AvgIpc) is 2.53. The first-order valence-electron chi connectivity index (χ1n) is 7.77. The summed E-state index contributed by atoms with van der Waals surface area (Å²) in [6, 6.07) is 8.37. The van der Waals surface area contributed by atoms with Gasteiger partial charge in [-0.2, -0.15) is 0 Å². The van der Waals surface area contributed by atoms with Crippen LogP contribution in [-0.2, 0) is 11.2 Å². The number of hydrogen-bond acceptors (Lipinski definition) is 2. The maximum Gasteiger partial charge on any atom is 0.230 e. The molecule has 3 rings (SSSR count). The molecular weight excluding hydrogens is 250 g/mol. The SMILES string of the molecule is O=C(C1CCCc2ccccc21)N1CCCC(CO)C1. The predicted octanol–water partition coefficient (Wildman–Crippen LogP) is 2.34. The molecule has 2 aliphatic rings. The van der Waals surface area contributed by atoms with E-state index in [4.69, 9.17) is 0 Å². The molecule has 1 aromatic carbocycles. The van der Waals surface area contributed by atoms with Crippen LogP contribution >= 0.6 is 0 Å². The highest BCUT2D eigenvalue weighted by molar-refractivity contribution is 5.84. The van der Waals surface area contributed by atoms with Crippen molar-refractivity contribution in [2.75, 3.05) is 19.7 Å². The Labute approximate surface area is 120 Å². The van der Waals surface area contributed by atoms with Gasteiger partial charge in [0.25, 0.3) is 0 Å². The van der Waals surface area contributed by atoms with Gasteiger partial charge in [-0.1, -0.05) is 24.3 Å². The van der Waals surface area contributed by atoms with E-state index >= 15 is 0 Å². The molecule has 0 radical (unpaired) electrons. The Morgan fingerprint density at radius 3 is 2.95 bits per heavy atom. The van der Waals surface area contributed by atoms with Crippen molar-refractivity contribution in [3.8, 4) is 0 Å². The summed E-state index contributed by atoms with van der Waals surface area (Å²) in [6.07, 6.45) is 5.23. The zero-order chi connectivity index (χ0) is 13.9. The summed E-state index contributed by atoms with van der Waals surface area (Å²) in [6.45, 7) is 1.78. The molecule has 0 bridgehead atoms. The van der Waals surface area contributed by atoms with Crippen LogP contribution in [0.4, 0.5) is 0 Å². The second-order valence-corrected chi connectivity index (χ2v) is 6.12. The first-order chi connectivity index (χ1) is 9.79. The lowest BCUT2D eigenvalue weighted by molar-refractivity contribution is -0.135. The first-order valence-corrected chi connectivity index (χ1v) is 7.77. The van der Waals surface area contributed by atoms with Crippen LogP contribution in [0.15, 0.2) is 24.3 Å². The van der Waals surface area contributed by atoms with Crippen molar-refractivity contribution in [1.82, 2.24) is 4.90 Å². The van der Waals surface area contributed by atoms with Gasteiger partial charge in [0.1, 0.15) is 0 Å². The zero-order valence-electron chi connectivity index (χ0n) is 11.9. The molecule has 3 heteroatoms. The number of aliphatic hydroxyl groups is 1. The van der Waals surface area contributed by atoms with Crippen molar-refractivity contribution in [3.63, 3.8) is 0 Å². The van der Waals surface area contributed by atoms with E-state index in [2.05, 4.69) is 18.2 Å². The van der Waals surface area contributed by atoms with E-state index in [0.29, 0.717) is 0 Å². The third-order valence-corrected chi connectivity index (χ3v) is 4.76. The number of carbonyl (C=O) groups excluding carboxylic acids is 1. The van der Waals surface area contributed by atoms with Crippen LogP contribution in [0, 0.1) is 5.92 Å². The van der Waals surface area contributed by atoms with Crippen molar-refractivity contribution in [1.29, 1.82) is 0 Å². The number of aliphatic hydroxyl groups excluding tert-OH is 1. The van der Waals surface area contributed by atoms with Crippen LogP contribution in [0.1, 0.15) is 42.7 Å². The van der Waals surface area contributed by atoms with Crippen molar-refractivity contribution < 1.29 is 9.90 Å². The topological polar surface area (TPSA) is 40.5 Å². The molecule has 1 fully saturated rings. The second kappa shape index (κ2) is 5.96. The number of hydrogen-bond donors (Lipinski definition) is 1. The molecule has 3 nitrogen and oxygen atoms in total. The molecule has 2 unspecified atom stereocenters. The van der Waals surface area contributed by atoms with Crippen LogP contribution in [0.3, 0.4) is 0 Å². The summed E-state index contributed by atoms with van der Waals surface area (Å²) in [7, 11) is 0. The monoisotopic (exact) mass is 273 g/mol. The normalized spacial score (nSPS) is 26.1. The van der Waals surface area contributed by atoms with Crippen LogP contribution in [0.5, 0.6) is 0 Å². The molecule has 1 N–H and O–H groups in total. The Kier molecular flexibility index (Phi) is 4.06. The summed E-state index contributed by atoms with van der Waals surface area (Å²) in [4.78, 5) is 14.8. The van der Waals surface area contributed by atoms with Gasteiger partial charge in [0.2, 0.25) is 5.91 Å². The Balaban J connectivity index is 1.78. The molecule has 1 aromatic rings. The molecular formula is C17H23NO2. The minimum Gasteiger partial charge on any atom is -0.396 e. The second-order valence-electron chi connectivity index (χ2n) is 6.12. The summed E-state index contributed by atoms with van der Waals surface area (Å²) < 4.78 is 0. The molecule has 0 saturated carbocycles. The van der Waals surface area contributed by atoms with E-state index in [1.165, 1.54) is 11.1 Å². The fraction of sp³-hybridized carbons (Fsp3) is 0.588.